The van der Waals surface area contributed by atoms with E-state index in [0.717, 1.165) is 13.0 Å². The van der Waals surface area contributed by atoms with E-state index in [1.807, 2.05) is 14.1 Å². The molecule has 15 heavy (non-hydrogen) atoms. The largest absolute Gasteiger partial charge is 0.409 e. The zero-order chi connectivity index (χ0) is 11.7. The molecule has 0 aromatic carbocycles. The number of unbranched alkanes of at least 4 members (excludes halogenated alkanes) is 5. The van der Waals surface area contributed by atoms with Crippen molar-refractivity contribution in [1.82, 2.24) is 0 Å². The van der Waals surface area contributed by atoms with E-state index >= 15 is 0 Å². The van der Waals surface area contributed by atoms with Crippen molar-refractivity contribution in [3.63, 3.8) is 0 Å². The van der Waals surface area contributed by atoms with Gasteiger partial charge in [-0.1, -0.05) is 32.6 Å². The minimum atomic E-state index is -0.953. The molecule has 0 fully saturated rings. The van der Waals surface area contributed by atoms with Crippen LogP contribution in [-0.4, -0.2) is 37.6 Å². The minimum Gasteiger partial charge on any atom is -0.319 e. The highest BCUT2D eigenvalue weighted by Gasteiger charge is 2.19. The number of hydrogen-bond donors (Lipinski definition) is 0. The second-order valence-electron chi connectivity index (χ2n) is 4.96. The lowest BCUT2D eigenvalue weighted by molar-refractivity contribution is -0.883. The summed E-state index contributed by atoms with van der Waals surface area (Å²) in [6, 6.07) is 0. The number of carbonyl (C=O) groups excluding carboxylic acids is 1. The number of nitrogens with zero attached hydrogens (tertiary/aromatic N) is 1. The third-order valence-corrected chi connectivity index (χ3v) is 2.67. The Morgan fingerprint density at radius 1 is 1.00 bits per heavy atom. The van der Waals surface area contributed by atoms with Crippen molar-refractivity contribution in [3.8, 4) is 0 Å². The molecule has 3 heteroatoms. The lowest BCUT2D eigenvalue weighted by atomic mass is 10.1. The Morgan fingerprint density at radius 3 is 2.07 bits per heavy atom. The number of likely N-dealkylation sites (N-methyl/N-ethyl adjacent to an activating group) is 1. The van der Waals surface area contributed by atoms with Crippen LogP contribution in [0.25, 0.3) is 0 Å². The SMILES string of the molecule is CCCCCCCC[N+](C)(C)CC([O])=O. The summed E-state index contributed by atoms with van der Waals surface area (Å²) in [5.41, 5.74) is 0. The minimum absolute atomic E-state index is 0.120. The highest BCUT2D eigenvalue weighted by atomic mass is 16.4. The van der Waals surface area contributed by atoms with E-state index in [9.17, 15) is 9.90 Å². The van der Waals surface area contributed by atoms with Crippen molar-refractivity contribution in [2.75, 3.05) is 27.2 Å². The lowest BCUT2D eigenvalue weighted by Gasteiger charge is -2.27. The van der Waals surface area contributed by atoms with E-state index in [1.54, 1.807) is 0 Å². The first-order chi connectivity index (χ1) is 6.98. The summed E-state index contributed by atoms with van der Waals surface area (Å²) in [6.07, 6.45) is 7.51. The van der Waals surface area contributed by atoms with Crippen molar-refractivity contribution < 1.29 is 14.4 Å². The molecule has 89 valence electrons. The van der Waals surface area contributed by atoms with Gasteiger partial charge in [0, 0.05) is 0 Å². The number of carbonyl (C=O) groups is 1. The van der Waals surface area contributed by atoms with Crippen LogP contribution in [0.5, 0.6) is 0 Å². The van der Waals surface area contributed by atoms with Crippen molar-refractivity contribution in [3.05, 3.63) is 0 Å². The van der Waals surface area contributed by atoms with Crippen LogP contribution in [0.2, 0.25) is 0 Å². The molecule has 0 atom stereocenters. The highest BCUT2D eigenvalue weighted by molar-refractivity contribution is 5.67. The van der Waals surface area contributed by atoms with E-state index < -0.39 is 5.97 Å². The fraction of sp³-hybridized carbons (Fsp3) is 0.917. The van der Waals surface area contributed by atoms with Gasteiger partial charge in [-0.05, 0) is 12.8 Å². The van der Waals surface area contributed by atoms with Gasteiger partial charge in [0.25, 0.3) is 0 Å². The predicted molar refractivity (Wildman–Crippen MR) is 60.9 cm³/mol. The Morgan fingerprint density at radius 2 is 1.53 bits per heavy atom. The van der Waals surface area contributed by atoms with Crippen molar-refractivity contribution >= 4 is 5.97 Å². The second kappa shape index (κ2) is 7.69. The van der Waals surface area contributed by atoms with E-state index in [-0.39, 0.29) is 6.54 Å². The topological polar surface area (TPSA) is 37.0 Å². The maximum atomic E-state index is 10.5. The standard InChI is InChI=1S/C12H25NO2/c1-4-5-6-7-8-9-10-13(2,3)11-12(14)15/h4-11H2,1-3H3/q+1. The number of hydrogen-bond acceptors (Lipinski definition) is 1. The van der Waals surface area contributed by atoms with Crippen molar-refractivity contribution in [1.29, 1.82) is 0 Å². The normalized spacial score (nSPS) is 11.7. The molecule has 0 saturated carbocycles. The van der Waals surface area contributed by atoms with Gasteiger partial charge in [0.15, 0.2) is 6.54 Å². The van der Waals surface area contributed by atoms with Gasteiger partial charge >= 0.3 is 5.97 Å². The first-order valence-electron chi connectivity index (χ1n) is 6.00. The summed E-state index contributed by atoms with van der Waals surface area (Å²) >= 11 is 0. The molecule has 0 aliphatic heterocycles. The summed E-state index contributed by atoms with van der Waals surface area (Å²) in [6.45, 7) is 3.26. The second-order valence-corrected chi connectivity index (χ2v) is 4.96. The highest BCUT2D eigenvalue weighted by Crippen LogP contribution is 2.07. The van der Waals surface area contributed by atoms with Gasteiger partial charge in [0.05, 0.1) is 20.6 Å². The average molecular weight is 215 g/mol. The van der Waals surface area contributed by atoms with E-state index in [0.29, 0.717) is 4.48 Å². The number of quaternary nitrogens is 1. The molecule has 0 unspecified atom stereocenters. The molecule has 0 aliphatic carbocycles. The monoisotopic (exact) mass is 215 g/mol. The summed E-state index contributed by atoms with van der Waals surface area (Å²) < 4.78 is 0.538. The van der Waals surface area contributed by atoms with E-state index in [1.165, 1.54) is 32.1 Å². The van der Waals surface area contributed by atoms with Crippen LogP contribution in [0.4, 0.5) is 0 Å². The first-order valence-corrected chi connectivity index (χ1v) is 6.00. The quantitative estimate of drug-likeness (QED) is 0.430. The van der Waals surface area contributed by atoms with Crippen LogP contribution in [0, 0.1) is 0 Å². The van der Waals surface area contributed by atoms with Gasteiger partial charge in [0.1, 0.15) is 0 Å². The van der Waals surface area contributed by atoms with Crippen LogP contribution < -0.4 is 0 Å². The molecule has 0 rings (SSSR count). The van der Waals surface area contributed by atoms with Gasteiger partial charge in [0.2, 0.25) is 0 Å². The molecule has 0 aliphatic rings. The molecular weight excluding hydrogens is 190 g/mol. The molecule has 0 aromatic heterocycles. The summed E-state index contributed by atoms with van der Waals surface area (Å²) in [7, 11) is 3.89. The lowest BCUT2D eigenvalue weighted by Crippen LogP contribution is -2.44. The molecule has 1 radical (unpaired) electrons. The van der Waals surface area contributed by atoms with Crippen LogP contribution in [-0.2, 0) is 9.90 Å². The number of rotatable bonds is 9. The third kappa shape index (κ3) is 9.73. The predicted octanol–water partition coefficient (Wildman–Crippen LogP) is 2.38. The van der Waals surface area contributed by atoms with Gasteiger partial charge in [-0.15, -0.1) is 0 Å². The van der Waals surface area contributed by atoms with Crippen molar-refractivity contribution in [2.24, 2.45) is 0 Å². The molecule has 0 spiro atoms. The van der Waals surface area contributed by atoms with Gasteiger partial charge in [-0.25, -0.2) is 9.90 Å². The zero-order valence-corrected chi connectivity index (χ0v) is 10.4. The molecule has 0 amide bonds. The molecule has 3 nitrogen and oxygen atoms in total. The fourth-order valence-electron chi connectivity index (χ4n) is 1.75. The Balaban J connectivity index is 3.44. The van der Waals surface area contributed by atoms with Crippen LogP contribution >= 0.6 is 0 Å². The van der Waals surface area contributed by atoms with E-state index in [4.69, 9.17) is 0 Å². The molecule has 0 saturated heterocycles. The Hall–Kier alpha value is -0.570. The van der Waals surface area contributed by atoms with Crippen molar-refractivity contribution in [2.45, 2.75) is 45.4 Å². The van der Waals surface area contributed by atoms with E-state index in [2.05, 4.69) is 6.92 Å². The summed E-state index contributed by atoms with van der Waals surface area (Å²) in [5, 5.41) is 10.5. The molecule has 0 aromatic rings. The smallest absolute Gasteiger partial charge is 0.319 e. The summed E-state index contributed by atoms with van der Waals surface area (Å²) in [5.74, 6) is -0.953. The third-order valence-electron chi connectivity index (χ3n) is 2.67. The van der Waals surface area contributed by atoms with Crippen LogP contribution in [0.15, 0.2) is 0 Å². The molecule has 0 N–H and O–H groups in total. The Bertz CT molecular complexity index is 178. The van der Waals surface area contributed by atoms with Gasteiger partial charge in [-0.3, -0.25) is 0 Å². The van der Waals surface area contributed by atoms with Gasteiger partial charge in [-0.2, -0.15) is 0 Å². The maximum Gasteiger partial charge on any atom is 0.409 e. The Labute approximate surface area is 93.7 Å². The van der Waals surface area contributed by atoms with Crippen LogP contribution in [0.3, 0.4) is 0 Å². The van der Waals surface area contributed by atoms with Gasteiger partial charge < -0.3 is 4.48 Å². The fourth-order valence-corrected chi connectivity index (χ4v) is 1.75. The molecule has 0 heterocycles. The first kappa shape index (κ1) is 14.4. The molecular formula is C12H25NO2+. The van der Waals surface area contributed by atoms with Crippen LogP contribution in [0.1, 0.15) is 45.4 Å². The Kier molecular flexibility index (Phi) is 7.39. The molecule has 0 bridgehead atoms. The zero-order valence-electron chi connectivity index (χ0n) is 10.4. The average Bonchev–Trinajstić information content (AvgIpc) is 2.08. The maximum absolute atomic E-state index is 10.5. The summed E-state index contributed by atoms with van der Waals surface area (Å²) in [4.78, 5) is 10.5.